The molecule has 0 radical (unpaired) electrons. The summed E-state index contributed by atoms with van der Waals surface area (Å²) in [4.78, 5) is 12.0. The highest BCUT2D eigenvalue weighted by Crippen LogP contribution is 2.15. The van der Waals surface area contributed by atoms with Crippen molar-refractivity contribution in [2.45, 2.75) is 45.3 Å². The van der Waals surface area contributed by atoms with Gasteiger partial charge in [0.1, 0.15) is 5.75 Å². The maximum absolute atomic E-state index is 12.0. The number of amides is 1. The van der Waals surface area contributed by atoms with Crippen LogP contribution in [0, 0.1) is 5.92 Å². The highest BCUT2D eigenvalue weighted by Gasteiger charge is 2.24. The molecule has 1 aromatic carbocycles. The summed E-state index contributed by atoms with van der Waals surface area (Å²) in [5, 5.41) is 22.1. The lowest BCUT2D eigenvalue weighted by Gasteiger charge is -2.26. The molecular formula is C16H26N2O3. The van der Waals surface area contributed by atoms with Gasteiger partial charge in [-0.1, -0.05) is 26.0 Å². The Hall–Kier alpha value is -1.59. The molecule has 1 unspecified atom stereocenters. The Morgan fingerprint density at radius 3 is 2.43 bits per heavy atom. The van der Waals surface area contributed by atoms with Crippen LogP contribution in [0.2, 0.25) is 0 Å². The zero-order valence-corrected chi connectivity index (χ0v) is 13.0. The van der Waals surface area contributed by atoms with Crippen molar-refractivity contribution in [2.24, 2.45) is 11.7 Å². The first-order valence-corrected chi connectivity index (χ1v) is 7.23. The molecule has 0 saturated heterocycles. The van der Waals surface area contributed by atoms with Gasteiger partial charge >= 0.3 is 0 Å². The van der Waals surface area contributed by atoms with Gasteiger partial charge < -0.3 is 21.3 Å². The maximum Gasteiger partial charge on any atom is 0.237 e. The SMILES string of the molecule is CC(C)CC(C)(O)CNC(=O)[C@@H](N)Cc1ccc(O)cc1. The monoisotopic (exact) mass is 294 g/mol. The lowest BCUT2D eigenvalue weighted by atomic mass is 9.94. The minimum atomic E-state index is -0.928. The lowest BCUT2D eigenvalue weighted by Crippen LogP contribution is -2.48. The van der Waals surface area contributed by atoms with Crippen LogP contribution in [0.15, 0.2) is 24.3 Å². The summed E-state index contributed by atoms with van der Waals surface area (Å²) in [6.45, 7) is 5.94. The third-order valence-corrected chi connectivity index (χ3v) is 3.22. The van der Waals surface area contributed by atoms with Crippen molar-refractivity contribution >= 4 is 5.91 Å². The number of hydrogen-bond acceptors (Lipinski definition) is 4. The molecule has 0 bridgehead atoms. The second-order valence-corrected chi connectivity index (χ2v) is 6.29. The maximum atomic E-state index is 12.0. The molecule has 21 heavy (non-hydrogen) atoms. The summed E-state index contributed by atoms with van der Waals surface area (Å²) in [5.41, 5.74) is 5.81. The second kappa shape index (κ2) is 7.43. The molecule has 5 nitrogen and oxygen atoms in total. The van der Waals surface area contributed by atoms with E-state index in [0.717, 1.165) is 5.56 Å². The van der Waals surface area contributed by atoms with Crippen LogP contribution in [0.3, 0.4) is 0 Å². The average Bonchev–Trinajstić information content (AvgIpc) is 2.37. The summed E-state index contributed by atoms with van der Waals surface area (Å²) in [6.07, 6.45) is 0.999. The normalized spacial score (nSPS) is 15.5. The number of nitrogens with two attached hydrogens (primary N) is 1. The molecule has 1 amide bonds. The van der Waals surface area contributed by atoms with Crippen LogP contribution >= 0.6 is 0 Å². The summed E-state index contributed by atoms with van der Waals surface area (Å²) in [7, 11) is 0. The van der Waals surface area contributed by atoms with Crippen LogP contribution < -0.4 is 11.1 Å². The highest BCUT2D eigenvalue weighted by molar-refractivity contribution is 5.81. The molecule has 0 aliphatic rings. The van der Waals surface area contributed by atoms with Gasteiger partial charge in [-0.3, -0.25) is 4.79 Å². The van der Waals surface area contributed by atoms with Crippen LogP contribution in [0.5, 0.6) is 5.75 Å². The number of hydrogen-bond donors (Lipinski definition) is 4. The summed E-state index contributed by atoms with van der Waals surface area (Å²) in [6, 6.07) is 5.92. The molecule has 0 aliphatic carbocycles. The van der Waals surface area contributed by atoms with E-state index in [4.69, 9.17) is 5.73 Å². The Morgan fingerprint density at radius 1 is 1.33 bits per heavy atom. The zero-order chi connectivity index (χ0) is 16.0. The number of aromatic hydroxyl groups is 1. The van der Waals surface area contributed by atoms with Gasteiger partial charge in [-0.25, -0.2) is 0 Å². The highest BCUT2D eigenvalue weighted by atomic mass is 16.3. The number of nitrogens with one attached hydrogen (secondary N) is 1. The number of carbonyl (C=O) groups excluding carboxylic acids is 1. The van der Waals surface area contributed by atoms with E-state index in [9.17, 15) is 15.0 Å². The largest absolute Gasteiger partial charge is 0.508 e. The Kier molecular flexibility index (Phi) is 6.18. The molecule has 0 aliphatic heterocycles. The van der Waals surface area contributed by atoms with Gasteiger partial charge in [-0.2, -0.15) is 0 Å². The van der Waals surface area contributed by atoms with E-state index in [-0.39, 0.29) is 18.2 Å². The molecule has 0 spiro atoms. The Bertz CT molecular complexity index is 455. The number of rotatable bonds is 7. The van der Waals surface area contributed by atoms with Crippen molar-refractivity contribution in [1.29, 1.82) is 0 Å². The first kappa shape index (κ1) is 17.5. The Labute approximate surface area is 126 Å². The number of phenols is 1. The second-order valence-electron chi connectivity index (χ2n) is 6.29. The standard InChI is InChI=1S/C16H26N2O3/c1-11(2)9-16(3,21)10-18-15(20)14(17)8-12-4-6-13(19)7-5-12/h4-7,11,14,19,21H,8-10,17H2,1-3H3,(H,18,20)/t14-,16?/m0/s1. The van der Waals surface area contributed by atoms with E-state index in [1.807, 2.05) is 13.8 Å². The van der Waals surface area contributed by atoms with Crippen molar-refractivity contribution in [3.8, 4) is 5.75 Å². The van der Waals surface area contributed by atoms with Crippen LogP contribution in [-0.4, -0.2) is 34.3 Å². The Balaban J connectivity index is 2.46. The molecule has 0 heterocycles. The third-order valence-electron chi connectivity index (χ3n) is 3.22. The molecule has 5 heteroatoms. The van der Waals surface area contributed by atoms with Gasteiger partial charge in [0.25, 0.3) is 0 Å². The fourth-order valence-corrected chi connectivity index (χ4v) is 2.34. The first-order chi connectivity index (χ1) is 9.69. The first-order valence-electron chi connectivity index (χ1n) is 7.23. The lowest BCUT2D eigenvalue weighted by molar-refractivity contribution is -0.123. The molecule has 0 aromatic heterocycles. The van der Waals surface area contributed by atoms with Crippen LogP contribution in [-0.2, 0) is 11.2 Å². The van der Waals surface area contributed by atoms with E-state index in [1.54, 1.807) is 31.2 Å². The molecule has 5 N–H and O–H groups in total. The molecule has 0 fully saturated rings. The fraction of sp³-hybridized carbons (Fsp3) is 0.562. The summed E-state index contributed by atoms with van der Waals surface area (Å²) in [5.74, 6) is 0.246. The van der Waals surface area contributed by atoms with Crippen LogP contribution in [0.4, 0.5) is 0 Å². The molecule has 1 rings (SSSR count). The Morgan fingerprint density at radius 2 is 1.90 bits per heavy atom. The van der Waals surface area contributed by atoms with Gasteiger partial charge in [-0.05, 0) is 43.4 Å². The predicted octanol–water partition coefficient (Wildman–Crippen LogP) is 1.18. The van der Waals surface area contributed by atoms with Crippen LogP contribution in [0.1, 0.15) is 32.8 Å². The van der Waals surface area contributed by atoms with Gasteiger partial charge in [0.05, 0.1) is 11.6 Å². The van der Waals surface area contributed by atoms with Gasteiger partial charge in [-0.15, -0.1) is 0 Å². The van der Waals surface area contributed by atoms with Gasteiger partial charge in [0.2, 0.25) is 5.91 Å². The van der Waals surface area contributed by atoms with E-state index in [2.05, 4.69) is 5.32 Å². The third kappa shape index (κ3) is 6.60. The predicted molar refractivity (Wildman–Crippen MR) is 82.9 cm³/mol. The summed E-state index contributed by atoms with van der Waals surface area (Å²) >= 11 is 0. The quantitative estimate of drug-likeness (QED) is 0.607. The number of phenolic OH excluding ortho intramolecular Hbond substituents is 1. The van der Waals surface area contributed by atoms with E-state index >= 15 is 0 Å². The number of carbonyl (C=O) groups is 1. The number of aliphatic hydroxyl groups is 1. The fourth-order valence-electron chi connectivity index (χ4n) is 2.34. The minimum absolute atomic E-state index is 0.182. The van der Waals surface area contributed by atoms with E-state index < -0.39 is 11.6 Å². The van der Waals surface area contributed by atoms with Crippen molar-refractivity contribution in [3.63, 3.8) is 0 Å². The van der Waals surface area contributed by atoms with E-state index in [1.165, 1.54) is 0 Å². The molecule has 1 aromatic rings. The van der Waals surface area contributed by atoms with Crippen molar-refractivity contribution in [2.75, 3.05) is 6.54 Å². The topological polar surface area (TPSA) is 95.6 Å². The van der Waals surface area contributed by atoms with Gasteiger partial charge in [0.15, 0.2) is 0 Å². The van der Waals surface area contributed by atoms with Crippen molar-refractivity contribution in [3.05, 3.63) is 29.8 Å². The average molecular weight is 294 g/mol. The van der Waals surface area contributed by atoms with Crippen LogP contribution in [0.25, 0.3) is 0 Å². The molecule has 118 valence electrons. The molecular weight excluding hydrogens is 268 g/mol. The smallest absolute Gasteiger partial charge is 0.237 e. The van der Waals surface area contributed by atoms with E-state index in [0.29, 0.717) is 18.8 Å². The van der Waals surface area contributed by atoms with Crippen molar-refractivity contribution < 1.29 is 15.0 Å². The zero-order valence-electron chi connectivity index (χ0n) is 13.0. The summed E-state index contributed by atoms with van der Waals surface area (Å²) < 4.78 is 0. The number of benzene rings is 1. The molecule has 2 atom stereocenters. The minimum Gasteiger partial charge on any atom is -0.508 e. The van der Waals surface area contributed by atoms with Crippen molar-refractivity contribution in [1.82, 2.24) is 5.32 Å². The molecule has 0 saturated carbocycles. The van der Waals surface area contributed by atoms with Gasteiger partial charge in [0, 0.05) is 6.54 Å².